The molecule has 0 fully saturated rings. The molecule has 2 heterocycles. The van der Waals surface area contributed by atoms with Crippen LogP contribution >= 0.6 is 0 Å². The number of benzene rings is 1. The number of furan rings is 1. The molecule has 0 atom stereocenters. The highest BCUT2D eigenvalue weighted by atomic mass is 16.5. The van der Waals surface area contributed by atoms with Gasteiger partial charge in [0.25, 0.3) is 0 Å². The summed E-state index contributed by atoms with van der Waals surface area (Å²) >= 11 is 0. The highest BCUT2D eigenvalue weighted by Crippen LogP contribution is 2.27. The van der Waals surface area contributed by atoms with Crippen LogP contribution in [0.1, 0.15) is 37.7 Å². The molecule has 3 rings (SSSR count). The van der Waals surface area contributed by atoms with Crippen LogP contribution in [0.4, 0.5) is 0 Å². The lowest BCUT2D eigenvalue weighted by Gasteiger charge is -2.26. The molecule has 3 aromatic rings. The van der Waals surface area contributed by atoms with Crippen molar-refractivity contribution in [1.29, 1.82) is 0 Å². The third kappa shape index (κ3) is 4.04. The van der Waals surface area contributed by atoms with Crippen LogP contribution in [-0.4, -0.2) is 15.7 Å². The molecule has 0 amide bonds. The van der Waals surface area contributed by atoms with Gasteiger partial charge in [0, 0.05) is 18.9 Å². The molecule has 24 heavy (non-hydrogen) atoms. The van der Waals surface area contributed by atoms with E-state index in [1.54, 1.807) is 6.92 Å². The molecule has 0 aliphatic rings. The van der Waals surface area contributed by atoms with Crippen molar-refractivity contribution in [1.82, 2.24) is 10.1 Å². The Balaban J connectivity index is 1.67. The average molecular weight is 326 g/mol. The normalized spacial score (nSPS) is 11.7. The average Bonchev–Trinajstić information content (AvgIpc) is 3.14. The SMILES string of the molecule is Cc1ccc(CCC(C)(C)Oc2cccc(-c3noc(C)n3)c2)o1. The predicted octanol–water partition coefficient (Wildman–Crippen LogP) is 4.74. The van der Waals surface area contributed by atoms with Gasteiger partial charge in [-0.2, -0.15) is 4.98 Å². The first-order chi connectivity index (χ1) is 11.4. The Morgan fingerprint density at radius 1 is 1.12 bits per heavy atom. The maximum absolute atomic E-state index is 6.17. The highest BCUT2D eigenvalue weighted by Gasteiger charge is 2.21. The Kier molecular flexibility index (Phi) is 4.42. The second-order valence-electron chi connectivity index (χ2n) is 6.54. The van der Waals surface area contributed by atoms with Crippen molar-refractivity contribution in [2.24, 2.45) is 0 Å². The molecule has 5 heteroatoms. The number of aromatic nitrogens is 2. The number of hydrogen-bond acceptors (Lipinski definition) is 5. The Hall–Kier alpha value is -2.56. The number of aryl methyl sites for hydroxylation is 3. The molecule has 1 aromatic carbocycles. The van der Waals surface area contributed by atoms with E-state index in [-0.39, 0.29) is 5.60 Å². The fourth-order valence-corrected chi connectivity index (χ4v) is 2.53. The molecule has 0 saturated carbocycles. The van der Waals surface area contributed by atoms with E-state index >= 15 is 0 Å². The summed E-state index contributed by atoms with van der Waals surface area (Å²) in [5, 5.41) is 3.95. The summed E-state index contributed by atoms with van der Waals surface area (Å²) in [7, 11) is 0. The van der Waals surface area contributed by atoms with E-state index in [1.807, 2.05) is 43.3 Å². The third-order valence-corrected chi connectivity index (χ3v) is 3.78. The van der Waals surface area contributed by atoms with Gasteiger partial charge in [0.15, 0.2) is 0 Å². The summed E-state index contributed by atoms with van der Waals surface area (Å²) in [4.78, 5) is 4.25. The van der Waals surface area contributed by atoms with Gasteiger partial charge in [-0.15, -0.1) is 0 Å². The van der Waals surface area contributed by atoms with Gasteiger partial charge in [-0.3, -0.25) is 0 Å². The Morgan fingerprint density at radius 2 is 1.96 bits per heavy atom. The van der Waals surface area contributed by atoms with Gasteiger partial charge in [0.2, 0.25) is 11.7 Å². The number of hydrogen-bond donors (Lipinski definition) is 0. The topological polar surface area (TPSA) is 61.3 Å². The minimum absolute atomic E-state index is 0.313. The van der Waals surface area contributed by atoms with Crippen molar-refractivity contribution in [3.8, 4) is 17.1 Å². The van der Waals surface area contributed by atoms with Crippen LogP contribution in [0.2, 0.25) is 0 Å². The molecule has 5 nitrogen and oxygen atoms in total. The molecule has 126 valence electrons. The van der Waals surface area contributed by atoms with Crippen LogP contribution in [0.25, 0.3) is 11.4 Å². The first-order valence-corrected chi connectivity index (χ1v) is 8.06. The van der Waals surface area contributed by atoms with Crippen molar-refractivity contribution < 1.29 is 13.7 Å². The maximum atomic E-state index is 6.17. The molecule has 0 radical (unpaired) electrons. The Morgan fingerprint density at radius 3 is 2.62 bits per heavy atom. The van der Waals surface area contributed by atoms with Gasteiger partial charge >= 0.3 is 0 Å². The largest absolute Gasteiger partial charge is 0.488 e. The second kappa shape index (κ2) is 6.51. The van der Waals surface area contributed by atoms with Crippen LogP contribution in [0, 0.1) is 13.8 Å². The van der Waals surface area contributed by atoms with Crippen LogP contribution in [0.15, 0.2) is 45.3 Å². The van der Waals surface area contributed by atoms with Crippen LogP contribution in [0.5, 0.6) is 5.75 Å². The number of nitrogens with zero attached hydrogens (tertiary/aromatic N) is 2. The van der Waals surface area contributed by atoms with Crippen molar-refractivity contribution in [2.45, 2.75) is 46.1 Å². The van der Waals surface area contributed by atoms with Gasteiger partial charge in [0.05, 0.1) is 0 Å². The summed E-state index contributed by atoms with van der Waals surface area (Å²) in [5.74, 6) is 3.83. The molecular weight excluding hydrogens is 304 g/mol. The van der Waals surface area contributed by atoms with E-state index in [1.165, 1.54) is 0 Å². The molecule has 0 unspecified atom stereocenters. The molecule has 0 aliphatic heterocycles. The van der Waals surface area contributed by atoms with E-state index in [2.05, 4.69) is 24.0 Å². The van der Waals surface area contributed by atoms with E-state index in [0.29, 0.717) is 11.7 Å². The van der Waals surface area contributed by atoms with Crippen LogP contribution in [-0.2, 0) is 6.42 Å². The molecule has 2 aromatic heterocycles. The third-order valence-electron chi connectivity index (χ3n) is 3.78. The first kappa shape index (κ1) is 16.3. The van der Waals surface area contributed by atoms with Gasteiger partial charge in [-0.25, -0.2) is 0 Å². The van der Waals surface area contributed by atoms with Crippen LogP contribution < -0.4 is 4.74 Å². The zero-order chi connectivity index (χ0) is 17.2. The summed E-state index contributed by atoms with van der Waals surface area (Å²) in [6, 6.07) is 11.8. The van der Waals surface area contributed by atoms with Gasteiger partial charge in [-0.05, 0) is 51.5 Å². The standard InChI is InChI=1S/C19H22N2O3/c1-13-8-9-16(22-13)10-11-19(3,4)23-17-7-5-6-15(12-17)18-20-14(2)24-21-18/h5-9,12H,10-11H2,1-4H3. The van der Waals surface area contributed by atoms with Gasteiger partial charge < -0.3 is 13.7 Å². The Bertz CT molecular complexity index is 817. The zero-order valence-corrected chi connectivity index (χ0v) is 14.5. The van der Waals surface area contributed by atoms with E-state index in [0.717, 1.165) is 35.7 Å². The zero-order valence-electron chi connectivity index (χ0n) is 14.5. The monoisotopic (exact) mass is 326 g/mol. The van der Waals surface area contributed by atoms with E-state index < -0.39 is 0 Å². The molecular formula is C19H22N2O3. The number of ether oxygens (including phenoxy) is 1. The van der Waals surface area contributed by atoms with Crippen LogP contribution in [0.3, 0.4) is 0 Å². The highest BCUT2D eigenvalue weighted by molar-refractivity contribution is 5.56. The summed E-state index contributed by atoms with van der Waals surface area (Å²) in [5.41, 5.74) is 0.564. The van der Waals surface area contributed by atoms with Gasteiger partial charge in [-0.1, -0.05) is 17.3 Å². The summed E-state index contributed by atoms with van der Waals surface area (Å²) in [6.45, 7) is 7.88. The predicted molar refractivity (Wildman–Crippen MR) is 90.9 cm³/mol. The lowest BCUT2D eigenvalue weighted by molar-refractivity contribution is 0.0980. The minimum atomic E-state index is -0.313. The fraction of sp³-hybridized carbons (Fsp3) is 0.368. The van der Waals surface area contributed by atoms with Crippen molar-refractivity contribution in [3.05, 3.63) is 53.8 Å². The molecule has 0 saturated heterocycles. The minimum Gasteiger partial charge on any atom is -0.488 e. The first-order valence-electron chi connectivity index (χ1n) is 8.06. The van der Waals surface area contributed by atoms with E-state index in [4.69, 9.17) is 13.7 Å². The Labute approximate surface area is 141 Å². The molecule has 0 aliphatic carbocycles. The lowest BCUT2D eigenvalue weighted by Crippen LogP contribution is -2.28. The summed E-state index contributed by atoms with van der Waals surface area (Å²) < 4.78 is 16.8. The fourth-order valence-electron chi connectivity index (χ4n) is 2.53. The van der Waals surface area contributed by atoms with Crippen molar-refractivity contribution >= 4 is 0 Å². The number of rotatable bonds is 6. The van der Waals surface area contributed by atoms with Crippen molar-refractivity contribution in [2.75, 3.05) is 0 Å². The maximum Gasteiger partial charge on any atom is 0.223 e. The van der Waals surface area contributed by atoms with Gasteiger partial charge in [0.1, 0.15) is 22.9 Å². The second-order valence-corrected chi connectivity index (χ2v) is 6.54. The lowest BCUT2D eigenvalue weighted by atomic mass is 10.0. The quantitative estimate of drug-likeness (QED) is 0.655. The smallest absolute Gasteiger partial charge is 0.223 e. The molecule has 0 N–H and O–H groups in total. The van der Waals surface area contributed by atoms with E-state index in [9.17, 15) is 0 Å². The molecule has 0 spiro atoms. The molecule has 0 bridgehead atoms. The van der Waals surface area contributed by atoms with Crippen molar-refractivity contribution in [3.63, 3.8) is 0 Å². The summed E-state index contributed by atoms with van der Waals surface area (Å²) in [6.07, 6.45) is 1.69.